The zero-order valence-corrected chi connectivity index (χ0v) is 12.5. The first-order valence-corrected chi connectivity index (χ1v) is 7.35. The smallest absolute Gasteiger partial charge is 0.256 e. The van der Waals surface area contributed by atoms with Crippen molar-refractivity contribution in [2.45, 2.75) is 13.2 Å². The van der Waals surface area contributed by atoms with E-state index in [4.69, 9.17) is 4.74 Å². The summed E-state index contributed by atoms with van der Waals surface area (Å²) >= 11 is 0. The molecule has 0 radical (unpaired) electrons. The van der Waals surface area contributed by atoms with Crippen LogP contribution >= 0.6 is 0 Å². The maximum atomic E-state index is 11.7. The molecule has 5 heteroatoms. The van der Waals surface area contributed by atoms with Crippen LogP contribution in [0.1, 0.15) is 11.1 Å². The molecule has 0 bridgehead atoms. The molecule has 116 valence electrons. The molecule has 5 nitrogen and oxygen atoms in total. The number of hydrogen-bond acceptors (Lipinski definition) is 4. The van der Waals surface area contributed by atoms with Gasteiger partial charge in [-0.05, 0) is 11.1 Å². The molecule has 3 rings (SSSR count). The Balaban J connectivity index is 1.65. The molecule has 0 aliphatic heterocycles. The number of H-pyrrole nitrogens is 1. The van der Waals surface area contributed by atoms with Gasteiger partial charge in [0.2, 0.25) is 11.8 Å². The Morgan fingerprint density at radius 1 is 0.957 bits per heavy atom. The molecular formula is C18H17N3O2. The molecule has 1 aromatic heterocycles. The van der Waals surface area contributed by atoms with Crippen molar-refractivity contribution in [2.24, 2.45) is 0 Å². The summed E-state index contributed by atoms with van der Waals surface area (Å²) in [6.45, 7) is 0.946. The molecular weight excluding hydrogens is 290 g/mol. The fraction of sp³-hybridized carbons (Fsp3) is 0.111. The van der Waals surface area contributed by atoms with Gasteiger partial charge in [-0.25, -0.2) is 0 Å². The van der Waals surface area contributed by atoms with Crippen molar-refractivity contribution >= 4 is 5.95 Å². The Kier molecular flexibility index (Phi) is 4.69. The number of anilines is 1. The molecule has 0 fully saturated rings. The predicted octanol–water partition coefficient (Wildman–Crippen LogP) is 2.96. The van der Waals surface area contributed by atoms with Crippen molar-refractivity contribution in [3.63, 3.8) is 0 Å². The molecule has 2 N–H and O–H groups in total. The molecule has 0 amide bonds. The quantitative estimate of drug-likeness (QED) is 0.735. The highest BCUT2D eigenvalue weighted by Gasteiger charge is 2.03. The Morgan fingerprint density at radius 3 is 2.30 bits per heavy atom. The summed E-state index contributed by atoms with van der Waals surface area (Å²) in [7, 11) is 0. The number of nitrogens with zero attached hydrogens (tertiary/aromatic N) is 1. The first kappa shape index (κ1) is 14.8. The molecule has 0 aliphatic rings. The largest absolute Gasteiger partial charge is 0.473 e. The number of benzene rings is 2. The van der Waals surface area contributed by atoms with Crippen LogP contribution in [0.5, 0.6) is 5.88 Å². The first-order chi connectivity index (χ1) is 11.3. The summed E-state index contributed by atoms with van der Waals surface area (Å²) in [6, 6.07) is 21.0. The van der Waals surface area contributed by atoms with E-state index < -0.39 is 0 Å². The van der Waals surface area contributed by atoms with E-state index in [1.54, 1.807) is 0 Å². The Morgan fingerprint density at radius 2 is 1.61 bits per heavy atom. The normalized spacial score (nSPS) is 10.3. The lowest BCUT2D eigenvalue weighted by molar-refractivity contribution is 0.293. The number of nitrogens with one attached hydrogen (secondary N) is 2. The second-order valence-electron chi connectivity index (χ2n) is 5.05. The standard InChI is InChI=1S/C18H17N3O2/c22-16-11-17(23-13-15-9-5-2-6-10-15)21-18(20-16)19-12-14-7-3-1-4-8-14/h1-11H,12-13H2,(H2,19,20,21,22). The molecule has 2 aromatic carbocycles. The Hall–Kier alpha value is -3.08. The van der Waals surface area contributed by atoms with E-state index in [-0.39, 0.29) is 5.56 Å². The lowest BCUT2D eigenvalue weighted by Crippen LogP contribution is -2.13. The van der Waals surface area contributed by atoms with Crippen LogP contribution in [-0.4, -0.2) is 9.97 Å². The summed E-state index contributed by atoms with van der Waals surface area (Å²) in [5.41, 5.74) is 1.87. The number of aromatic nitrogens is 2. The van der Waals surface area contributed by atoms with Gasteiger partial charge in [0.05, 0.1) is 6.07 Å². The molecule has 1 heterocycles. The molecule has 0 unspecified atom stereocenters. The third kappa shape index (κ3) is 4.44. The van der Waals surface area contributed by atoms with Crippen LogP contribution in [0.4, 0.5) is 5.95 Å². The third-order valence-corrected chi connectivity index (χ3v) is 3.25. The van der Waals surface area contributed by atoms with E-state index in [0.717, 1.165) is 11.1 Å². The SMILES string of the molecule is O=c1cc(OCc2ccccc2)nc(NCc2ccccc2)[nH]1. The first-order valence-electron chi connectivity index (χ1n) is 7.35. The van der Waals surface area contributed by atoms with Crippen molar-refractivity contribution in [1.82, 2.24) is 9.97 Å². The van der Waals surface area contributed by atoms with Crippen molar-refractivity contribution in [1.29, 1.82) is 0 Å². The van der Waals surface area contributed by atoms with Crippen LogP contribution in [0.25, 0.3) is 0 Å². The van der Waals surface area contributed by atoms with Gasteiger partial charge in [0.25, 0.3) is 5.56 Å². The predicted molar refractivity (Wildman–Crippen MR) is 89.4 cm³/mol. The molecule has 0 saturated carbocycles. The minimum atomic E-state index is -0.251. The fourth-order valence-electron chi connectivity index (χ4n) is 2.11. The summed E-state index contributed by atoms with van der Waals surface area (Å²) in [4.78, 5) is 18.7. The summed E-state index contributed by atoms with van der Waals surface area (Å²) in [6.07, 6.45) is 0. The zero-order chi connectivity index (χ0) is 15.9. The van der Waals surface area contributed by atoms with E-state index in [0.29, 0.717) is 25.0 Å². The topological polar surface area (TPSA) is 67.0 Å². The van der Waals surface area contributed by atoms with Crippen molar-refractivity contribution in [3.8, 4) is 5.88 Å². The lowest BCUT2D eigenvalue weighted by Gasteiger charge is -2.08. The number of hydrogen-bond donors (Lipinski definition) is 2. The average molecular weight is 307 g/mol. The highest BCUT2D eigenvalue weighted by Crippen LogP contribution is 2.10. The maximum Gasteiger partial charge on any atom is 0.256 e. The van der Waals surface area contributed by atoms with Crippen LogP contribution < -0.4 is 15.6 Å². The van der Waals surface area contributed by atoms with Gasteiger partial charge in [-0.2, -0.15) is 4.98 Å². The van der Waals surface area contributed by atoms with Gasteiger partial charge in [0, 0.05) is 6.54 Å². The van der Waals surface area contributed by atoms with Crippen LogP contribution in [0.15, 0.2) is 71.5 Å². The number of aromatic amines is 1. The molecule has 3 aromatic rings. The second-order valence-corrected chi connectivity index (χ2v) is 5.05. The summed E-state index contributed by atoms with van der Waals surface area (Å²) in [5, 5.41) is 3.09. The van der Waals surface area contributed by atoms with E-state index in [1.165, 1.54) is 6.07 Å². The van der Waals surface area contributed by atoms with Gasteiger partial charge in [0.15, 0.2) is 0 Å². The second kappa shape index (κ2) is 7.26. The van der Waals surface area contributed by atoms with Gasteiger partial charge >= 0.3 is 0 Å². The summed E-state index contributed by atoms with van der Waals surface area (Å²) < 4.78 is 5.59. The molecule has 0 spiro atoms. The average Bonchev–Trinajstić information content (AvgIpc) is 2.60. The van der Waals surface area contributed by atoms with Gasteiger partial charge in [-0.1, -0.05) is 60.7 Å². The van der Waals surface area contributed by atoms with Crippen LogP contribution in [0, 0.1) is 0 Å². The minimum Gasteiger partial charge on any atom is -0.473 e. The van der Waals surface area contributed by atoms with Crippen molar-refractivity contribution in [3.05, 3.63) is 88.2 Å². The number of rotatable bonds is 6. The van der Waals surface area contributed by atoms with Crippen molar-refractivity contribution in [2.75, 3.05) is 5.32 Å². The molecule has 0 atom stereocenters. The van der Waals surface area contributed by atoms with E-state index in [9.17, 15) is 4.79 Å². The van der Waals surface area contributed by atoms with Gasteiger partial charge in [-0.15, -0.1) is 0 Å². The van der Waals surface area contributed by atoms with Gasteiger partial charge in [-0.3, -0.25) is 9.78 Å². The van der Waals surface area contributed by atoms with Crippen LogP contribution in [0.3, 0.4) is 0 Å². The molecule has 23 heavy (non-hydrogen) atoms. The zero-order valence-electron chi connectivity index (χ0n) is 12.5. The van der Waals surface area contributed by atoms with Crippen molar-refractivity contribution < 1.29 is 4.74 Å². The van der Waals surface area contributed by atoms with E-state index in [1.807, 2.05) is 60.7 Å². The van der Waals surface area contributed by atoms with Crippen LogP contribution in [0.2, 0.25) is 0 Å². The van der Waals surface area contributed by atoms with Gasteiger partial charge < -0.3 is 10.1 Å². The summed E-state index contributed by atoms with van der Waals surface area (Å²) in [5.74, 6) is 0.692. The highest BCUT2D eigenvalue weighted by atomic mass is 16.5. The van der Waals surface area contributed by atoms with E-state index in [2.05, 4.69) is 15.3 Å². The third-order valence-electron chi connectivity index (χ3n) is 3.25. The molecule has 0 aliphatic carbocycles. The lowest BCUT2D eigenvalue weighted by atomic mass is 10.2. The molecule has 0 saturated heterocycles. The maximum absolute atomic E-state index is 11.7. The minimum absolute atomic E-state index is 0.251. The Labute approximate surface area is 134 Å². The number of ether oxygens (including phenoxy) is 1. The fourth-order valence-corrected chi connectivity index (χ4v) is 2.11. The monoisotopic (exact) mass is 307 g/mol. The highest BCUT2D eigenvalue weighted by molar-refractivity contribution is 5.30. The Bertz CT molecular complexity index is 737. The van der Waals surface area contributed by atoms with Crippen LogP contribution in [-0.2, 0) is 13.2 Å². The van der Waals surface area contributed by atoms with Gasteiger partial charge in [0.1, 0.15) is 6.61 Å². The van der Waals surface area contributed by atoms with E-state index >= 15 is 0 Å².